The van der Waals surface area contributed by atoms with Crippen molar-refractivity contribution in [1.29, 1.82) is 0 Å². The molecule has 0 spiro atoms. The van der Waals surface area contributed by atoms with Crippen LogP contribution in [-0.4, -0.2) is 0 Å². The van der Waals surface area contributed by atoms with Gasteiger partial charge in [0.05, 0.1) is 0 Å². The Hall–Kier alpha value is 0. The Morgan fingerprint density at radius 1 is 0.786 bits per heavy atom. The van der Waals surface area contributed by atoms with E-state index in [0.717, 1.165) is 5.92 Å². The number of rotatable bonds is 5. The van der Waals surface area contributed by atoms with Crippen molar-refractivity contribution in [2.24, 2.45) is 11.3 Å². The fourth-order valence-electron chi connectivity index (χ4n) is 1.04. The van der Waals surface area contributed by atoms with Crippen molar-refractivity contribution in [2.45, 2.75) is 80.6 Å². The van der Waals surface area contributed by atoms with Crippen molar-refractivity contribution in [3.63, 3.8) is 0 Å². The summed E-state index contributed by atoms with van der Waals surface area (Å²) >= 11 is 0. The van der Waals surface area contributed by atoms with E-state index < -0.39 is 0 Å². The van der Waals surface area contributed by atoms with Crippen LogP contribution in [0.5, 0.6) is 0 Å². The molecule has 0 saturated carbocycles. The van der Waals surface area contributed by atoms with Gasteiger partial charge < -0.3 is 0 Å². The monoisotopic (exact) mass is 200 g/mol. The van der Waals surface area contributed by atoms with Gasteiger partial charge in [-0.1, -0.05) is 80.6 Å². The van der Waals surface area contributed by atoms with E-state index in [1.165, 1.54) is 32.1 Å². The van der Waals surface area contributed by atoms with Gasteiger partial charge in [0.25, 0.3) is 0 Å². The van der Waals surface area contributed by atoms with Crippen molar-refractivity contribution in [3.8, 4) is 0 Å². The van der Waals surface area contributed by atoms with Crippen LogP contribution in [0.1, 0.15) is 80.6 Å². The largest absolute Gasteiger partial charge is 0.0651 e. The molecular weight excluding hydrogens is 168 g/mol. The molecule has 0 fully saturated rings. The van der Waals surface area contributed by atoms with Crippen LogP contribution in [-0.2, 0) is 0 Å². The SMILES string of the molecule is CCC(C)(CC)CC.CCC(C)CC. The van der Waals surface area contributed by atoms with Gasteiger partial charge in [-0.15, -0.1) is 0 Å². The molecule has 0 radical (unpaired) electrons. The zero-order valence-corrected chi connectivity index (χ0v) is 11.6. The second kappa shape index (κ2) is 9.55. The van der Waals surface area contributed by atoms with Crippen molar-refractivity contribution in [2.75, 3.05) is 0 Å². The van der Waals surface area contributed by atoms with E-state index in [2.05, 4.69) is 48.5 Å². The van der Waals surface area contributed by atoms with Gasteiger partial charge in [0.2, 0.25) is 0 Å². The van der Waals surface area contributed by atoms with E-state index in [1.807, 2.05) is 0 Å². The van der Waals surface area contributed by atoms with E-state index in [-0.39, 0.29) is 0 Å². The van der Waals surface area contributed by atoms with Crippen LogP contribution in [0, 0.1) is 11.3 Å². The van der Waals surface area contributed by atoms with Crippen LogP contribution in [0.25, 0.3) is 0 Å². The van der Waals surface area contributed by atoms with Crippen molar-refractivity contribution in [3.05, 3.63) is 0 Å². The topological polar surface area (TPSA) is 0 Å². The molecule has 0 bridgehead atoms. The van der Waals surface area contributed by atoms with Gasteiger partial charge in [0.1, 0.15) is 0 Å². The van der Waals surface area contributed by atoms with Crippen LogP contribution in [0.15, 0.2) is 0 Å². The highest BCUT2D eigenvalue weighted by atomic mass is 14.2. The number of hydrogen-bond donors (Lipinski definition) is 0. The van der Waals surface area contributed by atoms with Gasteiger partial charge in [-0.3, -0.25) is 0 Å². The first-order valence-corrected chi connectivity index (χ1v) is 6.49. The van der Waals surface area contributed by atoms with E-state index in [9.17, 15) is 0 Å². The van der Waals surface area contributed by atoms with Gasteiger partial charge in [-0.05, 0) is 11.3 Å². The summed E-state index contributed by atoms with van der Waals surface area (Å²) in [6.45, 7) is 15.9. The van der Waals surface area contributed by atoms with Crippen LogP contribution in [0.3, 0.4) is 0 Å². The highest BCUT2D eigenvalue weighted by Crippen LogP contribution is 2.28. The van der Waals surface area contributed by atoms with E-state index in [4.69, 9.17) is 0 Å². The normalized spacial score (nSPS) is 11.1. The minimum atomic E-state index is 0.625. The third-order valence-corrected chi connectivity index (χ3v) is 3.95. The molecule has 0 aliphatic carbocycles. The average Bonchev–Trinajstić information content (AvgIpc) is 2.27. The molecule has 0 heteroatoms. The lowest BCUT2D eigenvalue weighted by molar-refractivity contribution is 0.286. The maximum absolute atomic E-state index is 2.35. The predicted molar refractivity (Wildman–Crippen MR) is 68.7 cm³/mol. The molecule has 0 aromatic heterocycles. The summed E-state index contributed by atoms with van der Waals surface area (Å²) in [4.78, 5) is 0. The lowest BCUT2D eigenvalue weighted by Gasteiger charge is -2.23. The molecule has 0 unspecified atom stereocenters. The molecule has 0 aliphatic heterocycles. The van der Waals surface area contributed by atoms with Gasteiger partial charge >= 0.3 is 0 Å². The van der Waals surface area contributed by atoms with Crippen LogP contribution < -0.4 is 0 Å². The minimum Gasteiger partial charge on any atom is -0.0651 e. The molecule has 0 atom stereocenters. The zero-order chi connectivity index (χ0) is 11.6. The molecule has 0 amide bonds. The van der Waals surface area contributed by atoms with Crippen molar-refractivity contribution >= 4 is 0 Å². The van der Waals surface area contributed by atoms with Gasteiger partial charge in [0.15, 0.2) is 0 Å². The van der Waals surface area contributed by atoms with E-state index in [1.54, 1.807) is 0 Å². The Labute approximate surface area is 92.5 Å². The summed E-state index contributed by atoms with van der Waals surface area (Å²) in [6, 6.07) is 0. The molecule has 0 aromatic rings. The average molecular weight is 200 g/mol. The molecule has 0 aromatic carbocycles. The van der Waals surface area contributed by atoms with Crippen LogP contribution >= 0.6 is 0 Å². The molecule has 0 N–H and O–H groups in total. The van der Waals surface area contributed by atoms with Crippen LogP contribution in [0.4, 0.5) is 0 Å². The number of hydrogen-bond acceptors (Lipinski definition) is 0. The fourth-order valence-corrected chi connectivity index (χ4v) is 1.04. The summed E-state index contributed by atoms with van der Waals surface area (Å²) in [5, 5.41) is 0. The Kier molecular flexibility index (Phi) is 11.2. The third-order valence-electron chi connectivity index (χ3n) is 3.95. The Bertz CT molecular complexity index is 88.3. The molecular formula is C14H32. The first-order valence-electron chi connectivity index (χ1n) is 6.49. The maximum atomic E-state index is 2.35. The smallest absolute Gasteiger partial charge is 0.0334 e. The maximum Gasteiger partial charge on any atom is -0.0334 e. The summed E-state index contributed by atoms with van der Waals surface area (Å²) in [6.07, 6.45) is 6.62. The van der Waals surface area contributed by atoms with Crippen molar-refractivity contribution < 1.29 is 0 Å². The Morgan fingerprint density at radius 3 is 1.07 bits per heavy atom. The third kappa shape index (κ3) is 8.59. The van der Waals surface area contributed by atoms with Crippen LogP contribution in [0.2, 0.25) is 0 Å². The van der Waals surface area contributed by atoms with Crippen molar-refractivity contribution in [1.82, 2.24) is 0 Å². The lowest BCUT2D eigenvalue weighted by Crippen LogP contribution is -2.10. The standard InChI is InChI=1S/C8H18.C6H14/c1-5-8(4,6-2)7-3;1-4-6(3)5-2/h5-7H2,1-4H3;6H,4-5H2,1-3H3. The quantitative estimate of drug-likeness (QED) is 0.537. The summed E-state index contributed by atoms with van der Waals surface area (Å²) in [5.41, 5.74) is 0.625. The molecule has 0 saturated heterocycles. The summed E-state index contributed by atoms with van der Waals surface area (Å²) in [7, 11) is 0. The lowest BCUT2D eigenvalue weighted by atomic mass is 9.82. The molecule has 88 valence electrons. The highest BCUT2D eigenvalue weighted by molar-refractivity contribution is 4.67. The van der Waals surface area contributed by atoms with Gasteiger partial charge in [-0.2, -0.15) is 0 Å². The predicted octanol–water partition coefficient (Wildman–Crippen LogP) is 5.67. The highest BCUT2D eigenvalue weighted by Gasteiger charge is 2.15. The first kappa shape index (κ1) is 16.4. The summed E-state index contributed by atoms with van der Waals surface area (Å²) in [5.74, 6) is 0.935. The van der Waals surface area contributed by atoms with E-state index in [0.29, 0.717) is 5.41 Å². The van der Waals surface area contributed by atoms with Gasteiger partial charge in [-0.25, -0.2) is 0 Å². The Morgan fingerprint density at radius 2 is 1.07 bits per heavy atom. The zero-order valence-electron chi connectivity index (χ0n) is 11.6. The second-order valence-electron chi connectivity index (χ2n) is 4.79. The second-order valence-corrected chi connectivity index (χ2v) is 4.79. The first-order chi connectivity index (χ1) is 6.49. The summed E-state index contributed by atoms with van der Waals surface area (Å²) < 4.78 is 0. The molecule has 0 aliphatic rings. The molecule has 14 heavy (non-hydrogen) atoms. The fraction of sp³-hybridized carbons (Fsp3) is 1.00. The molecule has 0 rings (SSSR count). The van der Waals surface area contributed by atoms with E-state index >= 15 is 0 Å². The Balaban J connectivity index is 0. The van der Waals surface area contributed by atoms with Gasteiger partial charge in [0, 0.05) is 0 Å². The molecule has 0 heterocycles. The molecule has 0 nitrogen and oxygen atoms in total. The minimum absolute atomic E-state index is 0.625.